The van der Waals surface area contributed by atoms with Crippen molar-refractivity contribution in [2.45, 2.75) is 19.3 Å². The molecule has 1 aliphatic rings. The van der Waals surface area contributed by atoms with Crippen LogP contribution in [-0.2, 0) is 9.59 Å². The maximum absolute atomic E-state index is 11.6. The van der Waals surface area contributed by atoms with Gasteiger partial charge in [0.1, 0.15) is 0 Å². The van der Waals surface area contributed by atoms with Gasteiger partial charge >= 0.3 is 0 Å². The van der Waals surface area contributed by atoms with Gasteiger partial charge in [-0.2, -0.15) is 0 Å². The smallest absolute Gasteiger partial charge is 0.243 e. The van der Waals surface area contributed by atoms with E-state index >= 15 is 0 Å². The number of unbranched alkanes of at least 4 members (excludes halogenated alkanes) is 1. The summed E-state index contributed by atoms with van der Waals surface area (Å²) in [5.74, 6) is 4.86. The highest BCUT2D eigenvalue weighted by Gasteiger charge is 2.20. The maximum Gasteiger partial charge on any atom is 0.243 e. The number of nitrogens with zero attached hydrogens (tertiary/aromatic N) is 1. The summed E-state index contributed by atoms with van der Waals surface area (Å²) in [5, 5.41) is 2.85. The number of anilines is 2. The van der Waals surface area contributed by atoms with Crippen molar-refractivity contribution < 1.29 is 9.59 Å². The number of para-hydroxylation sites is 2. The van der Waals surface area contributed by atoms with Gasteiger partial charge in [0.25, 0.3) is 0 Å². The highest BCUT2D eigenvalue weighted by molar-refractivity contribution is 6.01. The molecule has 0 fully saturated rings. The van der Waals surface area contributed by atoms with Crippen LogP contribution in [0.3, 0.4) is 0 Å². The first-order valence-corrected chi connectivity index (χ1v) is 6.34. The van der Waals surface area contributed by atoms with Gasteiger partial charge in [-0.3, -0.25) is 15.0 Å². The van der Waals surface area contributed by atoms with Crippen LogP contribution >= 0.6 is 0 Å². The molecule has 2 amide bonds. The van der Waals surface area contributed by atoms with Crippen LogP contribution in [0.1, 0.15) is 19.3 Å². The number of nitrogens with two attached hydrogens (primary N) is 1. The molecule has 102 valence electrons. The van der Waals surface area contributed by atoms with E-state index in [2.05, 4.69) is 10.7 Å². The lowest BCUT2D eigenvalue weighted by atomic mass is 10.1. The fraction of sp³-hybridized carbons (Fsp3) is 0.385. The highest BCUT2D eigenvalue weighted by atomic mass is 16.2. The summed E-state index contributed by atoms with van der Waals surface area (Å²) in [4.78, 5) is 24.6. The number of nitrogens with one attached hydrogen (secondary N) is 2. The van der Waals surface area contributed by atoms with Crippen molar-refractivity contribution in [2.75, 3.05) is 23.3 Å². The molecule has 1 aliphatic heterocycles. The van der Waals surface area contributed by atoms with Crippen LogP contribution in [0.15, 0.2) is 24.3 Å². The van der Waals surface area contributed by atoms with E-state index in [1.54, 1.807) is 0 Å². The van der Waals surface area contributed by atoms with Crippen LogP contribution in [0, 0.1) is 0 Å². The fourth-order valence-electron chi connectivity index (χ4n) is 2.16. The third kappa shape index (κ3) is 3.45. The third-order valence-electron chi connectivity index (χ3n) is 3.10. The lowest BCUT2D eigenvalue weighted by molar-refractivity contribution is -0.121. The van der Waals surface area contributed by atoms with Crippen molar-refractivity contribution in [3.8, 4) is 0 Å². The first kappa shape index (κ1) is 13.4. The zero-order valence-corrected chi connectivity index (χ0v) is 10.7. The Morgan fingerprint density at radius 1 is 1.37 bits per heavy atom. The summed E-state index contributed by atoms with van der Waals surface area (Å²) in [6, 6.07) is 7.72. The molecule has 1 heterocycles. The van der Waals surface area contributed by atoms with E-state index in [-0.39, 0.29) is 11.8 Å². The Morgan fingerprint density at radius 3 is 2.95 bits per heavy atom. The molecule has 0 aromatic heterocycles. The van der Waals surface area contributed by atoms with Gasteiger partial charge in [0.15, 0.2) is 0 Å². The van der Waals surface area contributed by atoms with Crippen molar-refractivity contribution in [3.63, 3.8) is 0 Å². The zero-order chi connectivity index (χ0) is 13.7. The average Bonchev–Trinajstić information content (AvgIpc) is 2.42. The average molecular weight is 262 g/mol. The first-order chi connectivity index (χ1) is 9.20. The number of fused-ring (bicyclic) bond motifs is 1. The lowest BCUT2D eigenvalue weighted by Crippen LogP contribution is -2.38. The molecule has 1 aromatic carbocycles. The number of hydrogen-bond donors (Lipinski definition) is 3. The Balaban J connectivity index is 1.90. The molecule has 0 atom stereocenters. The molecule has 0 spiro atoms. The van der Waals surface area contributed by atoms with E-state index in [0.717, 1.165) is 30.8 Å². The highest BCUT2D eigenvalue weighted by Crippen LogP contribution is 2.28. The molecule has 6 heteroatoms. The van der Waals surface area contributed by atoms with Gasteiger partial charge < -0.3 is 10.2 Å². The van der Waals surface area contributed by atoms with E-state index in [1.165, 1.54) is 0 Å². The van der Waals surface area contributed by atoms with Crippen LogP contribution in [0.2, 0.25) is 0 Å². The van der Waals surface area contributed by atoms with Gasteiger partial charge in [-0.15, -0.1) is 0 Å². The monoisotopic (exact) mass is 262 g/mol. The lowest BCUT2D eigenvalue weighted by Gasteiger charge is -2.30. The van der Waals surface area contributed by atoms with Gasteiger partial charge in [0.05, 0.1) is 17.9 Å². The van der Waals surface area contributed by atoms with Crippen molar-refractivity contribution in [2.24, 2.45) is 5.84 Å². The number of rotatable bonds is 5. The van der Waals surface area contributed by atoms with Crippen LogP contribution in [-0.4, -0.2) is 24.9 Å². The Kier molecular flexibility index (Phi) is 4.35. The van der Waals surface area contributed by atoms with Gasteiger partial charge in [0, 0.05) is 13.0 Å². The van der Waals surface area contributed by atoms with Gasteiger partial charge in [-0.1, -0.05) is 12.1 Å². The number of carbonyl (C=O) groups is 2. The number of amides is 2. The maximum atomic E-state index is 11.6. The molecule has 6 nitrogen and oxygen atoms in total. The Hall–Kier alpha value is -2.08. The molecule has 0 unspecified atom stereocenters. The largest absolute Gasteiger partial charge is 0.361 e. The van der Waals surface area contributed by atoms with Crippen LogP contribution in [0.25, 0.3) is 0 Å². The second-order valence-electron chi connectivity index (χ2n) is 4.51. The topological polar surface area (TPSA) is 87.5 Å². The molecule has 0 saturated carbocycles. The summed E-state index contributed by atoms with van der Waals surface area (Å²) in [5.41, 5.74) is 3.99. The molecule has 0 bridgehead atoms. The Morgan fingerprint density at radius 2 is 2.16 bits per heavy atom. The molecule has 4 N–H and O–H groups in total. The minimum atomic E-state index is -0.156. The van der Waals surface area contributed by atoms with Crippen molar-refractivity contribution >= 4 is 23.2 Å². The van der Waals surface area contributed by atoms with E-state index in [1.807, 2.05) is 29.2 Å². The first-order valence-electron chi connectivity index (χ1n) is 6.34. The molecule has 0 aliphatic carbocycles. The molecule has 2 rings (SSSR count). The second-order valence-corrected chi connectivity index (χ2v) is 4.51. The minimum absolute atomic E-state index is 0.00148. The van der Waals surface area contributed by atoms with Gasteiger partial charge in [-0.25, -0.2) is 5.84 Å². The van der Waals surface area contributed by atoms with E-state index in [9.17, 15) is 9.59 Å². The summed E-state index contributed by atoms with van der Waals surface area (Å²) >= 11 is 0. The summed E-state index contributed by atoms with van der Waals surface area (Å²) in [6.45, 7) is 1.11. The van der Waals surface area contributed by atoms with E-state index in [4.69, 9.17) is 5.84 Å². The molecule has 19 heavy (non-hydrogen) atoms. The predicted octanol–water partition coefficient (Wildman–Crippen LogP) is 0.605. The fourth-order valence-corrected chi connectivity index (χ4v) is 2.16. The number of carbonyl (C=O) groups excluding carboxylic acids is 2. The van der Waals surface area contributed by atoms with Crippen molar-refractivity contribution in [1.29, 1.82) is 0 Å². The van der Waals surface area contributed by atoms with Crippen molar-refractivity contribution in [3.05, 3.63) is 24.3 Å². The van der Waals surface area contributed by atoms with Crippen LogP contribution in [0.4, 0.5) is 11.4 Å². The Bertz CT molecular complexity index is 475. The van der Waals surface area contributed by atoms with Crippen LogP contribution in [0.5, 0.6) is 0 Å². The van der Waals surface area contributed by atoms with E-state index < -0.39 is 0 Å². The standard InChI is InChI=1S/C13H18N4O2/c14-16-12(18)7-3-4-8-17-9-13(19)15-10-5-1-2-6-11(10)17/h1-2,5-6H,3-4,7-9,14H2,(H,15,19)(H,16,18). The molecule has 0 saturated heterocycles. The second kappa shape index (κ2) is 6.19. The van der Waals surface area contributed by atoms with Gasteiger partial charge in [0.2, 0.25) is 11.8 Å². The molecule has 1 aromatic rings. The summed E-state index contributed by atoms with van der Waals surface area (Å²) in [7, 11) is 0. The van der Waals surface area contributed by atoms with Crippen molar-refractivity contribution in [1.82, 2.24) is 5.43 Å². The van der Waals surface area contributed by atoms with Gasteiger partial charge in [-0.05, 0) is 25.0 Å². The SMILES string of the molecule is NNC(=O)CCCCN1CC(=O)Nc2ccccc21. The van der Waals surface area contributed by atoms with Crippen LogP contribution < -0.4 is 21.5 Å². The molecular weight excluding hydrogens is 244 g/mol. The normalized spacial score (nSPS) is 13.7. The summed E-state index contributed by atoms with van der Waals surface area (Å²) < 4.78 is 0. The molecule has 0 radical (unpaired) electrons. The number of hydrazine groups is 1. The summed E-state index contributed by atoms with van der Waals surface area (Å²) in [6.07, 6.45) is 2.01. The zero-order valence-electron chi connectivity index (χ0n) is 10.7. The predicted molar refractivity (Wildman–Crippen MR) is 73.5 cm³/mol. The Labute approximate surface area is 111 Å². The number of hydrogen-bond acceptors (Lipinski definition) is 4. The quantitative estimate of drug-likeness (QED) is 0.314. The third-order valence-corrected chi connectivity index (χ3v) is 3.10. The minimum Gasteiger partial charge on any atom is -0.361 e. The molecular formula is C13H18N4O2. The van der Waals surface area contributed by atoms with E-state index in [0.29, 0.717) is 13.0 Å². The number of benzene rings is 1.